The Morgan fingerprint density at radius 1 is 0.925 bits per heavy atom. The van der Waals surface area contributed by atoms with Gasteiger partial charge in [0.25, 0.3) is 11.1 Å². The van der Waals surface area contributed by atoms with E-state index in [2.05, 4.69) is 0 Å². The molecule has 0 aliphatic rings. The zero-order valence-electron chi connectivity index (χ0n) is 22.2. The average Bonchev–Trinajstić information content (AvgIpc) is 2.93. The molecule has 0 fully saturated rings. The Hall–Kier alpha value is -4.63. The predicted molar refractivity (Wildman–Crippen MR) is 152 cm³/mol. The number of methoxy groups -OCH3 is 1. The number of benzene rings is 3. The number of rotatable bonds is 6. The van der Waals surface area contributed by atoms with E-state index in [4.69, 9.17) is 21.1 Å². The van der Waals surface area contributed by atoms with Crippen LogP contribution in [-0.2, 0) is 13.6 Å². The molecule has 0 bridgehead atoms. The number of halogens is 2. The third-order valence-electron chi connectivity index (χ3n) is 6.75. The van der Waals surface area contributed by atoms with Crippen LogP contribution in [0.25, 0.3) is 16.7 Å². The van der Waals surface area contributed by atoms with E-state index in [1.54, 1.807) is 62.4 Å². The molecular formula is C30H25ClFN3O5. The van der Waals surface area contributed by atoms with Crippen LogP contribution in [0, 0.1) is 19.7 Å². The van der Waals surface area contributed by atoms with E-state index in [1.807, 2.05) is 0 Å². The Morgan fingerprint density at radius 3 is 2.33 bits per heavy atom. The third kappa shape index (κ3) is 4.69. The molecule has 0 atom stereocenters. The maximum absolute atomic E-state index is 15.4. The molecule has 8 nitrogen and oxygen atoms in total. The van der Waals surface area contributed by atoms with Crippen LogP contribution < -0.4 is 26.3 Å². The summed E-state index contributed by atoms with van der Waals surface area (Å²) in [6.45, 7) is 3.33. The van der Waals surface area contributed by atoms with Crippen LogP contribution in [0.4, 0.5) is 4.39 Å². The van der Waals surface area contributed by atoms with Crippen molar-refractivity contribution in [1.29, 1.82) is 0 Å². The zero-order valence-corrected chi connectivity index (χ0v) is 23.0. The van der Waals surface area contributed by atoms with Crippen LogP contribution in [0.1, 0.15) is 16.7 Å². The third-order valence-corrected chi connectivity index (χ3v) is 7.16. The molecule has 0 aliphatic heterocycles. The van der Waals surface area contributed by atoms with Gasteiger partial charge in [-0.2, -0.15) is 0 Å². The van der Waals surface area contributed by atoms with Crippen LogP contribution in [-0.4, -0.2) is 20.8 Å². The smallest absolute Gasteiger partial charge is 0.337 e. The zero-order chi connectivity index (χ0) is 28.7. The first-order valence-corrected chi connectivity index (χ1v) is 12.7. The maximum Gasteiger partial charge on any atom is 0.337 e. The van der Waals surface area contributed by atoms with Gasteiger partial charge in [-0.3, -0.25) is 18.7 Å². The summed E-state index contributed by atoms with van der Waals surface area (Å²) in [5.74, 6) is 0.152. The van der Waals surface area contributed by atoms with Crippen LogP contribution in [0.5, 0.6) is 17.2 Å². The van der Waals surface area contributed by atoms with Gasteiger partial charge >= 0.3 is 5.69 Å². The van der Waals surface area contributed by atoms with Crippen molar-refractivity contribution in [3.05, 3.63) is 125 Å². The van der Waals surface area contributed by atoms with Gasteiger partial charge in [-0.05, 0) is 61.4 Å². The van der Waals surface area contributed by atoms with E-state index < -0.39 is 22.6 Å². The van der Waals surface area contributed by atoms with Gasteiger partial charge in [-0.15, -0.1) is 0 Å². The first-order chi connectivity index (χ1) is 19.1. The van der Waals surface area contributed by atoms with Crippen LogP contribution in [0.15, 0.2) is 81.1 Å². The summed E-state index contributed by atoms with van der Waals surface area (Å²) in [6.07, 6.45) is 0. The van der Waals surface area contributed by atoms with Gasteiger partial charge in [-0.25, -0.2) is 13.8 Å². The molecule has 0 N–H and O–H groups in total. The average molecular weight is 562 g/mol. The fourth-order valence-corrected chi connectivity index (χ4v) is 4.69. The van der Waals surface area contributed by atoms with Crippen LogP contribution >= 0.6 is 11.6 Å². The molecule has 0 amide bonds. The van der Waals surface area contributed by atoms with Crippen molar-refractivity contribution in [1.82, 2.24) is 13.7 Å². The lowest BCUT2D eigenvalue weighted by Crippen LogP contribution is -2.42. The van der Waals surface area contributed by atoms with Gasteiger partial charge in [0.05, 0.1) is 19.3 Å². The number of nitrogens with zero attached hydrogens (tertiary/aromatic N) is 3. The largest absolute Gasteiger partial charge is 0.497 e. The molecule has 0 aliphatic carbocycles. The number of aryl methyl sites for hydroxylation is 2. The lowest BCUT2D eigenvalue weighted by atomic mass is 10.2. The molecule has 3 aromatic carbocycles. The highest BCUT2D eigenvalue weighted by atomic mass is 35.5. The Balaban J connectivity index is 1.88. The van der Waals surface area contributed by atoms with Crippen molar-refractivity contribution in [3.63, 3.8) is 0 Å². The first-order valence-electron chi connectivity index (χ1n) is 12.3. The topological polar surface area (TPSA) is 84.5 Å². The summed E-state index contributed by atoms with van der Waals surface area (Å²) < 4.78 is 29.8. The Labute approximate surface area is 233 Å². The molecule has 40 heavy (non-hydrogen) atoms. The minimum atomic E-state index is -0.817. The van der Waals surface area contributed by atoms with Crippen molar-refractivity contribution in [2.45, 2.75) is 20.4 Å². The molecule has 2 heterocycles. The molecule has 0 saturated heterocycles. The standard InChI is InChI=1S/C30H25ClFN3O5/c1-17-8-13-23(22(32)14-17)35-28-27(29(37)34(30(35)38)16-19-9-11-20(39-4)12-10-19)25(15-26(36)33(28)3)40-24-7-5-6-21(31)18(24)2/h5-15H,16H2,1-4H3. The number of fused-ring (bicyclic) bond motifs is 1. The Bertz CT molecular complexity index is 1960. The van der Waals surface area contributed by atoms with Crippen LogP contribution in [0.2, 0.25) is 5.02 Å². The van der Waals surface area contributed by atoms with E-state index >= 15 is 4.39 Å². The van der Waals surface area contributed by atoms with Crippen molar-refractivity contribution in [3.8, 4) is 22.9 Å². The molecule has 0 unspecified atom stereocenters. The van der Waals surface area contributed by atoms with Gasteiger partial charge in [0.15, 0.2) is 0 Å². The van der Waals surface area contributed by atoms with E-state index in [9.17, 15) is 14.4 Å². The van der Waals surface area contributed by atoms with Crippen molar-refractivity contribution < 1.29 is 13.9 Å². The normalized spacial score (nSPS) is 11.2. The predicted octanol–water partition coefficient (Wildman–Crippen LogP) is 5.11. The highest BCUT2D eigenvalue weighted by Crippen LogP contribution is 2.32. The number of pyridine rings is 1. The Kier molecular flexibility index (Phi) is 7.08. The molecule has 5 aromatic rings. The number of aromatic nitrogens is 3. The fourth-order valence-electron chi connectivity index (χ4n) is 4.52. The maximum atomic E-state index is 15.4. The molecular weight excluding hydrogens is 537 g/mol. The summed E-state index contributed by atoms with van der Waals surface area (Å²) in [6, 6.07) is 17.4. The van der Waals surface area contributed by atoms with Crippen LogP contribution in [0.3, 0.4) is 0 Å². The van der Waals surface area contributed by atoms with Crippen molar-refractivity contribution in [2.75, 3.05) is 7.11 Å². The van der Waals surface area contributed by atoms with E-state index in [0.717, 1.165) is 13.7 Å². The molecule has 204 valence electrons. The van der Waals surface area contributed by atoms with E-state index in [-0.39, 0.29) is 29.0 Å². The minimum absolute atomic E-state index is 0.0745. The highest BCUT2D eigenvalue weighted by Gasteiger charge is 2.24. The number of ether oxygens (including phenoxy) is 2. The SMILES string of the molecule is COc1ccc(Cn2c(=O)c3c(Oc4cccc(Cl)c4C)cc(=O)n(C)c3n(-c3ccc(C)cc3F)c2=O)cc1. The van der Waals surface area contributed by atoms with Gasteiger partial charge < -0.3 is 9.47 Å². The van der Waals surface area contributed by atoms with E-state index in [0.29, 0.717) is 33.2 Å². The van der Waals surface area contributed by atoms with Gasteiger partial charge in [0.2, 0.25) is 0 Å². The second-order valence-electron chi connectivity index (χ2n) is 9.38. The first kappa shape index (κ1) is 27.0. The summed E-state index contributed by atoms with van der Waals surface area (Å²) in [7, 11) is 2.94. The quantitative estimate of drug-likeness (QED) is 0.288. The molecule has 0 spiro atoms. The van der Waals surface area contributed by atoms with Gasteiger partial charge in [-0.1, -0.05) is 35.9 Å². The molecule has 10 heteroatoms. The van der Waals surface area contributed by atoms with Crippen molar-refractivity contribution >= 4 is 22.6 Å². The molecule has 5 rings (SSSR count). The Morgan fingerprint density at radius 2 is 1.65 bits per heavy atom. The molecule has 2 aromatic heterocycles. The van der Waals surface area contributed by atoms with Gasteiger partial charge in [0.1, 0.15) is 34.1 Å². The summed E-state index contributed by atoms with van der Waals surface area (Å²) in [5, 5.41) is 0.357. The number of hydrogen-bond acceptors (Lipinski definition) is 5. The molecule has 0 radical (unpaired) electrons. The van der Waals surface area contributed by atoms with E-state index in [1.165, 1.54) is 32.4 Å². The summed E-state index contributed by atoms with van der Waals surface area (Å²) >= 11 is 6.27. The minimum Gasteiger partial charge on any atom is -0.497 e. The van der Waals surface area contributed by atoms with Gasteiger partial charge in [0, 0.05) is 23.7 Å². The second-order valence-corrected chi connectivity index (χ2v) is 9.79. The highest BCUT2D eigenvalue weighted by molar-refractivity contribution is 6.31. The fraction of sp³-hybridized carbons (Fsp3) is 0.167. The number of hydrogen-bond donors (Lipinski definition) is 0. The molecule has 0 saturated carbocycles. The second kappa shape index (κ2) is 10.5. The summed E-state index contributed by atoms with van der Waals surface area (Å²) in [4.78, 5) is 41.1. The van der Waals surface area contributed by atoms with Crippen molar-refractivity contribution in [2.24, 2.45) is 7.05 Å². The lowest BCUT2D eigenvalue weighted by molar-refractivity contribution is 0.414. The lowest BCUT2D eigenvalue weighted by Gasteiger charge is -2.19. The summed E-state index contributed by atoms with van der Waals surface area (Å²) in [5.41, 5.74) is -0.439. The monoisotopic (exact) mass is 561 g/mol.